The van der Waals surface area contributed by atoms with Gasteiger partial charge < -0.3 is 10.2 Å². The zero-order valence-electron chi connectivity index (χ0n) is 6.69. The highest BCUT2D eigenvalue weighted by Crippen LogP contribution is 2.02. The summed E-state index contributed by atoms with van der Waals surface area (Å²) >= 11 is 0. The maximum atomic E-state index is 3.92. The maximum Gasteiger partial charge on any atom is 0.0299 e. The van der Waals surface area contributed by atoms with Gasteiger partial charge in [-0.25, -0.2) is 0 Å². The van der Waals surface area contributed by atoms with E-state index in [0.29, 0.717) is 0 Å². The Labute approximate surface area is 62.9 Å². The van der Waals surface area contributed by atoms with E-state index in [-0.39, 0.29) is 0 Å². The van der Waals surface area contributed by atoms with Gasteiger partial charge in [-0.05, 0) is 19.9 Å². The summed E-state index contributed by atoms with van der Waals surface area (Å²) in [6.45, 7) is 10.5. The van der Waals surface area contributed by atoms with Gasteiger partial charge >= 0.3 is 0 Å². The topological polar surface area (TPSA) is 15.3 Å². The number of allylic oxidation sites excluding steroid dienone is 1. The van der Waals surface area contributed by atoms with Gasteiger partial charge in [0, 0.05) is 25.3 Å². The molecule has 0 aliphatic carbocycles. The Kier molecular flexibility index (Phi) is 2.75. The van der Waals surface area contributed by atoms with E-state index in [1.165, 1.54) is 18.7 Å². The fourth-order valence-corrected chi connectivity index (χ4v) is 1.23. The van der Waals surface area contributed by atoms with Gasteiger partial charge in [-0.2, -0.15) is 0 Å². The van der Waals surface area contributed by atoms with Gasteiger partial charge in [0.1, 0.15) is 0 Å². The van der Waals surface area contributed by atoms with Gasteiger partial charge in [-0.3, -0.25) is 0 Å². The van der Waals surface area contributed by atoms with Crippen molar-refractivity contribution in [3.63, 3.8) is 0 Å². The number of hydrogen-bond donors (Lipinski definition) is 1. The van der Waals surface area contributed by atoms with Gasteiger partial charge in [0.15, 0.2) is 0 Å². The summed E-state index contributed by atoms with van der Waals surface area (Å²) in [6, 6.07) is 0. The highest BCUT2D eigenvalue weighted by molar-refractivity contribution is 4.89. The molecule has 0 spiro atoms. The van der Waals surface area contributed by atoms with Crippen molar-refractivity contribution in [3.05, 3.63) is 12.3 Å². The lowest BCUT2D eigenvalue weighted by molar-refractivity contribution is 0.370. The fourth-order valence-electron chi connectivity index (χ4n) is 1.23. The Bertz CT molecular complexity index is 112. The molecule has 1 N–H and O–H groups in total. The first-order chi connectivity index (χ1) is 4.80. The molecule has 0 atom stereocenters. The van der Waals surface area contributed by atoms with Crippen LogP contribution in [0.2, 0.25) is 0 Å². The molecule has 2 nitrogen and oxygen atoms in total. The molecule has 2 heteroatoms. The van der Waals surface area contributed by atoms with Crippen LogP contribution < -0.4 is 5.32 Å². The third-order valence-corrected chi connectivity index (χ3v) is 1.88. The predicted molar refractivity (Wildman–Crippen MR) is 43.9 cm³/mol. The largest absolute Gasteiger partial charge is 0.374 e. The number of hydrogen-bond acceptors (Lipinski definition) is 2. The number of nitrogens with one attached hydrogen (secondary N) is 1. The molecule has 0 bridgehead atoms. The molecule has 0 amide bonds. The molecule has 10 heavy (non-hydrogen) atoms. The van der Waals surface area contributed by atoms with Gasteiger partial charge in [-0.1, -0.05) is 6.58 Å². The number of nitrogens with zero attached hydrogens (tertiary/aromatic N) is 1. The van der Waals surface area contributed by atoms with Crippen molar-refractivity contribution in [1.82, 2.24) is 10.2 Å². The second-order valence-electron chi connectivity index (χ2n) is 2.83. The lowest BCUT2D eigenvalue weighted by atomic mass is 10.3. The van der Waals surface area contributed by atoms with Crippen molar-refractivity contribution in [1.29, 1.82) is 0 Å². The Morgan fingerprint density at radius 3 is 2.90 bits per heavy atom. The molecule has 0 unspecified atom stereocenters. The third-order valence-electron chi connectivity index (χ3n) is 1.88. The number of rotatable bonds is 1. The zero-order valence-corrected chi connectivity index (χ0v) is 6.69. The van der Waals surface area contributed by atoms with Crippen LogP contribution >= 0.6 is 0 Å². The third kappa shape index (κ3) is 2.03. The van der Waals surface area contributed by atoms with Gasteiger partial charge in [0.2, 0.25) is 0 Å². The minimum atomic E-state index is 1.10. The molecule has 1 aliphatic rings. The summed E-state index contributed by atoms with van der Waals surface area (Å²) in [6.07, 6.45) is 1.24. The minimum Gasteiger partial charge on any atom is -0.374 e. The van der Waals surface area contributed by atoms with E-state index in [2.05, 4.69) is 23.7 Å². The lowest BCUT2D eigenvalue weighted by Crippen LogP contribution is -2.25. The molecule has 0 radical (unpaired) electrons. The Hall–Kier alpha value is -0.500. The van der Waals surface area contributed by atoms with Crippen LogP contribution in [0.4, 0.5) is 0 Å². The first-order valence-electron chi connectivity index (χ1n) is 3.92. The minimum absolute atomic E-state index is 1.10. The van der Waals surface area contributed by atoms with Crippen LogP contribution in [0.5, 0.6) is 0 Å². The van der Waals surface area contributed by atoms with E-state index >= 15 is 0 Å². The van der Waals surface area contributed by atoms with Crippen molar-refractivity contribution in [2.75, 3.05) is 26.2 Å². The summed E-state index contributed by atoms with van der Waals surface area (Å²) in [5, 5.41) is 3.35. The Balaban J connectivity index is 2.35. The van der Waals surface area contributed by atoms with Crippen LogP contribution in [0.25, 0.3) is 0 Å². The van der Waals surface area contributed by atoms with Crippen molar-refractivity contribution in [3.8, 4) is 0 Å². The van der Waals surface area contributed by atoms with E-state index in [1.54, 1.807) is 0 Å². The molecule has 1 fully saturated rings. The Morgan fingerprint density at radius 1 is 1.40 bits per heavy atom. The lowest BCUT2D eigenvalue weighted by Gasteiger charge is -2.21. The summed E-state index contributed by atoms with van der Waals surface area (Å²) in [5.41, 5.74) is 1.20. The predicted octanol–water partition coefficient (Wildman–Crippen LogP) is 0.815. The first-order valence-corrected chi connectivity index (χ1v) is 3.92. The highest BCUT2D eigenvalue weighted by Gasteiger charge is 2.05. The van der Waals surface area contributed by atoms with Crippen LogP contribution in [0.15, 0.2) is 12.3 Å². The van der Waals surface area contributed by atoms with Crippen molar-refractivity contribution in [2.24, 2.45) is 0 Å². The van der Waals surface area contributed by atoms with Gasteiger partial charge in [0.25, 0.3) is 0 Å². The molecular weight excluding hydrogens is 124 g/mol. The zero-order chi connectivity index (χ0) is 7.40. The maximum absolute atomic E-state index is 3.92. The van der Waals surface area contributed by atoms with Crippen LogP contribution in [0, 0.1) is 0 Å². The average Bonchev–Trinajstić information content (AvgIpc) is 2.12. The second kappa shape index (κ2) is 3.62. The molecule has 0 aromatic carbocycles. The van der Waals surface area contributed by atoms with Crippen LogP contribution in [0.3, 0.4) is 0 Å². The van der Waals surface area contributed by atoms with E-state index in [4.69, 9.17) is 0 Å². The van der Waals surface area contributed by atoms with Crippen LogP contribution in [-0.2, 0) is 0 Å². The van der Waals surface area contributed by atoms with E-state index in [9.17, 15) is 0 Å². The quantitative estimate of drug-likeness (QED) is 0.580. The summed E-state index contributed by atoms with van der Waals surface area (Å²) < 4.78 is 0. The van der Waals surface area contributed by atoms with E-state index < -0.39 is 0 Å². The van der Waals surface area contributed by atoms with Gasteiger partial charge in [-0.15, -0.1) is 0 Å². The molecule has 0 saturated carbocycles. The van der Waals surface area contributed by atoms with Crippen LogP contribution in [-0.4, -0.2) is 31.1 Å². The molecular formula is C8H16N2. The summed E-state index contributed by atoms with van der Waals surface area (Å²) in [5.74, 6) is 0. The molecule has 0 aromatic rings. The van der Waals surface area contributed by atoms with Crippen molar-refractivity contribution < 1.29 is 0 Å². The van der Waals surface area contributed by atoms with Crippen molar-refractivity contribution in [2.45, 2.75) is 13.3 Å². The molecule has 1 heterocycles. The second-order valence-corrected chi connectivity index (χ2v) is 2.83. The normalized spacial score (nSPS) is 20.3. The van der Waals surface area contributed by atoms with E-state index in [0.717, 1.165) is 19.6 Å². The molecule has 58 valence electrons. The first kappa shape index (κ1) is 7.61. The summed E-state index contributed by atoms with van der Waals surface area (Å²) in [4.78, 5) is 2.33. The molecule has 1 rings (SSSR count). The molecule has 1 aliphatic heterocycles. The fraction of sp³-hybridized carbons (Fsp3) is 0.750. The smallest absolute Gasteiger partial charge is 0.0299 e. The average molecular weight is 140 g/mol. The summed E-state index contributed by atoms with van der Waals surface area (Å²) in [7, 11) is 0. The monoisotopic (exact) mass is 140 g/mol. The molecule has 1 saturated heterocycles. The van der Waals surface area contributed by atoms with E-state index in [1.807, 2.05) is 0 Å². The van der Waals surface area contributed by atoms with Crippen molar-refractivity contribution >= 4 is 0 Å². The standard InChI is InChI=1S/C8H16N2/c1-8(2)10-6-3-4-9-5-7-10/h9H,1,3-7H2,2H3. The molecule has 0 aromatic heterocycles. The van der Waals surface area contributed by atoms with Gasteiger partial charge in [0.05, 0.1) is 0 Å². The SMILES string of the molecule is C=C(C)N1CCCNCC1. The highest BCUT2D eigenvalue weighted by atomic mass is 15.2. The Morgan fingerprint density at radius 2 is 2.20 bits per heavy atom. The van der Waals surface area contributed by atoms with Crippen LogP contribution in [0.1, 0.15) is 13.3 Å².